The van der Waals surface area contributed by atoms with E-state index in [1.807, 2.05) is 6.07 Å². The van der Waals surface area contributed by atoms with E-state index in [4.69, 9.17) is 5.73 Å². The smallest absolute Gasteiger partial charge is 0.0178 e. The third kappa shape index (κ3) is 4.37. The predicted molar refractivity (Wildman–Crippen MR) is 88.7 cm³/mol. The summed E-state index contributed by atoms with van der Waals surface area (Å²) in [6, 6.07) is 17.1. The predicted octanol–water partition coefficient (Wildman–Crippen LogP) is 4.17. The van der Waals surface area contributed by atoms with Crippen LogP contribution >= 0.6 is 38.5 Å². The number of hydrogen-bond donors (Lipinski definition) is 1. The van der Waals surface area contributed by atoms with Crippen molar-refractivity contribution in [3.63, 3.8) is 0 Å². The molecule has 0 radical (unpaired) electrons. The SMILES string of the molecule is NC(Cc1ccc(I)cc1)Cc1cccc(Br)c1. The van der Waals surface area contributed by atoms with Crippen LogP contribution in [0.2, 0.25) is 0 Å². The summed E-state index contributed by atoms with van der Waals surface area (Å²) < 4.78 is 2.37. The van der Waals surface area contributed by atoms with E-state index >= 15 is 0 Å². The van der Waals surface area contributed by atoms with Crippen LogP contribution in [0.3, 0.4) is 0 Å². The molecule has 0 bridgehead atoms. The Morgan fingerprint density at radius 3 is 2.33 bits per heavy atom. The van der Waals surface area contributed by atoms with Gasteiger partial charge in [0.15, 0.2) is 0 Å². The first-order valence-corrected chi connectivity index (χ1v) is 7.75. The molecule has 0 aliphatic rings. The van der Waals surface area contributed by atoms with E-state index < -0.39 is 0 Å². The number of halogens is 2. The van der Waals surface area contributed by atoms with Gasteiger partial charge >= 0.3 is 0 Å². The van der Waals surface area contributed by atoms with Crippen LogP contribution in [0.5, 0.6) is 0 Å². The number of nitrogens with two attached hydrogens (primary N) is 1. The molecule has 2 rings (SSSR count). The minimum absolute atomic E-state index is 0.166. The highest BCUT2D eigenvalue weighted by Crippen LogP contribution is 2.14. The Kier molecular flexibility index (Phi) is 5.21. The van der Waals surface area contributed by atoms with E-state index in [0.717, 1.165) is 17.3 Å². The number of rotatable bonds is 4. The molecule has 2 N–H and O–H groups in total. The lowest BCUT2D eigenvalue weighted by Gasteiger charge is -2.12. The Balaban J connectivity index is 1.96. The maximum Gasteiger partial charge on any atom is 0.0178 e. The number of hydrogen-bond acceptors (Lipinski definition) is 1. The summed E-state index contributed by atoms with van der Waals surface area (Å²) in [5.41, 5.74) is 8.79. The molecule has 1 atom stereocenters. The van der Waals surface area contributed by atoms with Gasteiger partial charge in [0, 0.05) is 14.1 Å². The fourth-order valence-corrected chi connectivity index (χ4v) is 2.77. The first-order valence-electron chi connectivity index (χ1n) is 5.88. The summed E-state index contributed by atoms with van der Waals surface area (Å²) in [6.07, 6.45) is 1.83. The van der Waals surface area contributed by atoms with E-state index in [9.17, 15) is 0 Å². The summed E-state index contributed by atoms with van der Waals surface area (Å²) in [6.45, 7) is 0. The Morgan fingerprint density at radius 1 is 1.00 bits per heavy atom. The van der Waals surface area contributed by atoms with Gasteiger partial charge < -0.3 is 5.73 Å². The van der Waals surface area contributed by atoms with E-state index in [2.05, 4.69) is 81.0 Å². The van der Waals surface area contributed by atoms with Crippen LogP contribution in [0.1, 0.15) is 11.1 Å². The molecule has 0 fully saturated rings. The van der Waals surface area contributed by atoms with Crippen molar-refractivity contribution in [3.05, 3.63) is 67.7 Å². The highest BCUT2D eigenvalue weighted by Gasteiger charge is 2.06. The van der Waals surface area contributed by atoms with Gasteiger partial charge in [0.2, 0.25) is 0 Å². The van der Waals surface area contributed by atoms with Crippen molar-refractivity contribution in [2.24, 2.45) is 5.73 Å². The molecule has 0 aliphatic carbocycles. The first kappa shape index (κ1) is 14.0. The van der Waals surface area contributed by atoms with E-state index in [0.29, 0.717) is 0 Å². The fraction of sp³-hybridized carbons (Fsp3) is 0.200. The lowest BCUT2D eigenvalue weighted by Crippen LogP contribution is -2.25. The Bertz CT molecular complexity index is 510. The average Bonchev–Trinajstić information content (AvgIpc) is 2.32. The second-order valence-electron chi connectivity index (χ2n) is 4.42. The van der Waals surface area contributed by atoms with Crippen molar-refractivity contribution in [2.75, 3.05) is 0 Å². The first-order chi connectivity index (χ1) is 8.63. The van der Waals surface area contributed by atoms with Crippen molar-refractivity contribution in [1.82, 2.24) is 0 Å². The molecule has 2 aromatic carbocycles. The molecular formula is C15H15BrIN. The van der Waals surface area contributed by atoms with Gasteiger partial charge in [-0.3, -0.25) is 0 Å². The van der Waals surface area contributed by atoms with Crippen LogP contribution < -0.4 is 5.73 Å². The van der Waals surface area contributed by atoms with Gasteiger partial charge in [-0.15, -0.1) is 0 Å². The fourth-order valence-electron chi connectivity index (χ4n) is 1.96. The zero-order valence-corrected chi connectivity index (χ0v) is 13.7. The molecule has 0 saturated carbocycles. The van der Waals surface area contributed by atoms with Crippen molar-refractivity contribution >= 4 is 38.5 Å². The molecule has 3 heteroatoms. The average molecular weight is 416 g/mol. The molecule has 0 spiro atoms. The van der Waals surface area contributed by atoms with Gasteiger partial charge in [-0.05, 0) is 70.8 Å². The quantitative estimate of drug-likeness (QED) is 0.745. The van der Waals surface area contributed by atoms with Gasteiger partial charge in [0.25, 0.3) is 0 Å². The third-order valence-corrected chi connectivity index (χ3v) is 4.01. The van der Waals surface area contributed by atoms with Crippen molar-refractivity contribution in [3.8, 4) is 0 Å². The summed E-state index contributed by atoms with van der Waals surface area (Å²) in [7, 11) is 0. The second kappa shape index (κ2) is 6.68. The summed E-state index contributed by atoms with van der Waals surface area (Å²) in [5.74, 6) is 0. The molecule has 0 saturated heterocycles. The monoisotopic (exact) mass is 415 g/mol. The molecule has 0 amide bonds. The lowest BCUT2D eigenvalue weighted by molar-refractivity contribution is 0.664. The maximum atomic E-state index is 6.21. The van der Waals surface area contributed by atoms with Crippen molar-refractivity contribution in [2.45, 2.75) is 18.9 Å². The highest BCUT2D eigenvalue weighted by atomic mass is 127. The Hall–Kier alpha value is -0.390. The molecule has 1 unspecified atom stereocenters. The van der Waals surface area contributed by atoms with Crippen molar-refractivity contribution < 1.29 is 0 Å². The topological polar surface area (TPSA) is 26.0 Å². The van der Waals surface area contributed by atoms with Gasteiger partial charge in [-0.1, -0.05) is 40.2 Å². The Morgan fingerprint density at radius 2 is 1.67 bits per heavy atom. The minimum Gasteiger partial charge on any atom is -0.327 e. The zero-order valence-electron chi connectivity index (χ0n) is 9.94. The van der Waals surface area contributed by atoms with Crippen molar-refractivity contribution in [1.29, 1.82) is 0 Å². The molecule has 2 aromatic rings. The van der Waals surface area contributed by atoms with E-state index in [1.165, 1.54) is 14.7 Å². The summed E-state index contributed by atoms with van der Waals surface area (Å²) in [5, 5.41) is 0. The van der Waals surface area contributed by atoms with Gasteiger partial charge in [0.1, 0.15) is 0 Å². The lowest BCUT2D eigenvalue weighted by atomic mass is 10.00. The van der Waals surface area contributed by atoms with Crippen LogP contribution in [0.25, 0.3) is 0 Å². The van der Waals surface area contributed by atoms with Gasteiger partial charge in [-0.25, -0.2) is 0 Å². The molecule has 1 nitrogen and oxygen atoms in total. The second-order valence-corrected chi connectivity index (χ2v) is 6.59. The maximum absolute atomic E-state index is 6.21. The molecule has 94 valence electrons. The zero-order chi connectivity index (χ0) is 13.0. The normalized spacial score (nSPS) is 12.4. The van der Waals surface area contributed by atoms with Crippen LogP contribution in [0.4, 0.5) is 0 Å². The molecule has 18 heavy (non-hydrogen) atoms. The van der Waals surface area contributed by atoms with Crippen LogP contribution in [0, 0.1) is 3.57 Å². The third-order valence-electron chi connectivity index (χ3n) is 2.80. The van der Waals surface area contributed by atoms with Crippen LogP contribution in [-0.2, 0) is 12.8 Å². The summed E-state index contributed by atoms with van der Waals surface area (Å²) >= 11 is 5.80. The molecule has 0 aromatic heterocycles. The number of benzene rings is 2. The van der Waals surface area contributed by atoms with Gasteiger partial charge in [-0.2, -0.15) is 0 Å². The van der Waals surface area contributed by atoms with Gasteiger partial charge in [0.05, 0.1) is 0 Å². The van der Waals surface area contributed by atoms with Crippen LogP contribution in [0.15, 0.2) is 53.0 Å². The minimum atomic E-state index is 0.166. The van der Waals surface area contributed by atoms with E-state index in [1.54, 1.807) is 0 Å². The molecule has 0 heterocycles. The summed E-state index contributed by atoms with van der Waals surface area (Å²) in [4.78, 5) is 0. The molecular weight excluding hydrogens is 401 g/mol. The molecule has 0 aliphatic heterocycles. The largest absolute Gasteiger partial charge is 0.327 e. The highest BCUT2D eigenvalue weighted by molar-refractivity contribution is 14.1. The van der Waals surface area contributed by atoms with E-state index in [-0.39, 0.29) is 6.04 Å². The Labute approximate surface area is 130 Å². The standard InChI is InChI=1S/C15H15BrIN/c16-13-3-1-2-12(8-13)10-15(18)9-11-4-6-14(17)7-5-11/h1-8,15H,9-10,18H2. The van der Waals surface area contributed by atoms with Crippen LogP contribution in [-0.4, -0.2) is 6.04 Å².